The van der Waals surface area contributed by atoms with Crippen LogP contribution in [0, 0.1) is 0 Å². The summed E-state index contributed by atoms with van der Waals surface area (Å²) in [5, 5.41) is 19.3. The summed E-state index contributed by atoms with van der Waals surface area (Å²) in [6, 6.07) is 17.0. The van der Waals surface area contributed by atoms with E-state index in [2.05, 4.69) is 10.2 Å². The molecule has 0 aliphatic heterocycles. The monoisotopic (exact) mass is 390 g/mol. The average molecular weight is 391 g/mol. The van der Waals surface area contributed by atoms with Crippen molar-refractivity contribution in [3.8, 4) is 11.5 Å². The molecular formula is C19H19ClN2O3S. The van der Waals surface area contributed by atoms with E-state index < -0.39 is 6.10 Å². The molecule has 3 aromatic rings. The molecule has 0 radical (unpaired) electrons. The van der Waals surface area contributed by atoms with Gasteiger partial charge in [-0.3, -0.25) is 0 Å². The number of aromatic nitrogens is 2. The van der Waals surface area contributed by atoms with Gasteiger partial charge in [0.2, 0.25) is 5.89 Å². The fraction of sp³-hybridized carbons (Fsp3) is 0.263. The van der Waals surface area contributed by atoms with Crippen molar-refractivity contribution in [2.24, 2.45) is 0 Å². The third-order valence-corrected chi connectivity index (χ3v) is 4.92. The van der Waals surface area contributed by atoms with Crippen molar-refractivity contribution in [2.45, 2.75) is 24.4 Å². The maximum atomic E-state index is 10.1. The van der Waals surface area contributed by atoms with Crippen molar-refractivity contribution in [2.75, 3.05) is 12.4 Å². The Hall–Kier alpha value is -1.86. The summed E-state index contributed by atoms with van der Waals surface area (Å²) in [6.07, 6.45) is -0.762. The highest BCUT2D eigenvalue weighted by molar-refractivity contribution is 7.99. The Morgan fingerprint density at radius 1 is 1.12 bits per heavy atom. The largest absolute Gasteiger partial charge is 0.411 e. The van der Waals surface area contributed by atoms with E-state index in [0.29, 0.717) is 21.9 Å². The highest BCUT2D eigenvalue weighted by Crippen LogP contribution is 2.24. The minimum absolute atomic E-state index is 0.125. The minimum Gasteiger partial charge on any atom is -0.411 e. The number of nitrogens with zero attached hydrogens (tertiary/aromatic N) is 2. The first-order valence-corrected chi connectivity index (χ1v) is 9.55. The molecule has 2 aromatic carbocycles. The van der Waals surface area contributed by atoms with E-state index in [0.717, 1.165) is 11.1 Å². The summed E-state index contributed by atoms with van der Waals surface area (Å²) in [4.78, 5) is 0. The van der Waals surface area contributed by atoms with Crippen molar-refractivity contribution >= 4 is 23.4 Å². The number of thioether (sulfide) groups is 1. The topological polar surface area (TPSA) is 68.4 Å². The van der Waals surface area contributed by atoms with Crippen molar-refractivity contribution in [3.63, 3.8) is 0 Å². The van der Waals surface area contributed by atoms with Crippen LogP contribution in [0.3, 0.4) is 0 Å². The average Bonchev–Trinajstić information content (AvgIpc) is 3.15. The summed E-state index contributed by atoms with van der Waals surface area (Å²) in [6.45, 7) is 2.16. The van der Waals surface area contributed by atoms with Gasteiger partial charge in [-0.05, 0) is 36.8 Å². The number of halogens is 1. The third kappa shape index (κ3) is 5.32. The molecule has 0 amide bonds. The van der Waals surface area contributed by atoms with Gasteiger partial charge in [0.25, 0.3) is 5.22 Å². The van der Waals surface area contributed by atoms with Crippen LogP contribution in [0.5, 0.6) is 0 Å². The van der Waals surface area contributed by atoms with Gasteiger partial charge in [-0.15, -0.1) is 10.2 Å². The fourth-order valence-electron chi connectivity index (χ4n) is 2.27. The smallest absolute Gasteiger partial charge is 0.276 e. The van der Waals surface area contributed by atoms with E-state index in [1.165, 1.54) is 11.8 Å². The lowest BCUT2D eigenvalue weighted by Crippen LogP contribution is -2.19. The van der Waals surface area contributed by atoms with E-state index in [1.807, 2.05) is 61.5 Å². The van der Waals surface area contributed by atoms with Crippen LogP contribution in [-0.2, 0) is 4.74 Å². The Kier molecular flexibility index (Phi) is 6.68. The second-order valence-corrected chi connectivity index (χ2v) is 7.14. The molecule has 0 spiro atoms. The van der Waals surface area contributed by atoms with Crippen LogP contribution in [0.15, 0.2) is 64.2 Å². The first-order chi connectivity index (χ1) is 12.6. The fourth-order valence-corrected chi connectivity index (χ4v) is 3.06. The predicted octanol–water partition coefficient (Wildman–Crippen LogP) is 4.62. The lowest BCUT2D eigenvalue weighted by molar-refractivity contribution is 0.00618. The van der Waals surface area contributed by atoms with Crippen LogP contribution < -0.4 is 0 Å². The molecule has 1 aromatic heterocycles. The molecule has 0 bridgehead atoms. The standard InChI is InChI=1S/C19H19ClN2O3S/c1-13(14-7-9-16(20)10-8-14)24-11-17(23)12-26-19-22-21-18(25-19)15-5-3-2-4-6-15/h2-10,13,17,23H,11-12H2,1H3/t13-,17-/m0/s1. The van der Waals surface area contributed by atoms with E-state index in [-0.39, 0.29) is 12.7 Å². The summed E-state index contributed by atoms with van der Waals surface area (Å²) in [5.74, 6) is 0.874. The molecule has 0 unspecified atom stereocenters. The van der Waals surface area contributed by atoms with Crippen LogP contribution >= 0.6 is 23.4 Å². The normalized spacial score (nSPS) is 13.5. The van der Waals surface area contributed by atoms with Gasteiger partial charge in [0, 0.05) is 16.3 Å². The van der Waals surface area contributed by atoms with Crippen LogP contribution in [0.2, 0.25) is 5.02 Å². The number of rotatable bonds is 8. The highest BCUT2D eigenvalue weighted by Gasteiger charge is 2.14. The van der Waals surface area contributed by atoms with Gasteiger partial charge in [0.05, 0.1) is 18.8 Å². The van der Waals surface area contributed by atoms with E-state index in [1.54, 1.807) is 0 Å². The van der Waals surface area contributed by atoms with Gasteiger partial charge < -0.3 is 14.3 Å². The second-order valence-electron chi connectivity index (χ2n) is 5.73. The lowest BCUT2D eigenvalue weighted by atomic mass is 10.1. The van der Waals surface area contributed by atoms with Crippen LogP contribution in [-0.4, -0.2) is 33.8 Å². The minimum atomic E-state index is -0.637. The van der Waals surface area contributed by atoms with Crippen LogP contribution in [0.25, 0.3) is 11.5 Å². The number of hydrogen-bond acceptors (Lipinski definition) is 6. The molecule has 136 valence electrons. The maximum absolute atomic E-state index is 10.1. The molecule has 1 heterocycles. The van der Waals surface area contributed by atoms with Gasteiger partial charge in [-0.25, -0.2) is 0 Å². The van der Waals surface area contributed by atoms with Crippen LogP contribution in [0.4, 0.5) is 0 Å². The molecule has 1 N–H and O–H groups in total. The van der Waals surface area contributed by atoms with Gasteiger partial charge in [0.15, 0.2) is 0 Å². The zero-order valence-corrected chi connectivity index (χ0v) is 15.8. The zero-order valence-electron chi connectivity index (χ0n) is 14.2. The van der Waals surface area contributed by atoms with E-state index >= 15 is 0 Å². The molecule has 7 heteroatoms. The number of hydrogen-bond donors (Lipinski definition) is 1. The van der Waals surface area contributed by atoms with Gasteiger partial charge in [-0.1, -0.05) is 53.7 Å². The maximum Gasteiger partial charge on any atom is 0.276 e. The van der Waals surface area contributed by atoms with Gasteiger partial charge >= 0.3 is 0 Å². The number of ether oxygens (including phenoxy) is 1. The number of aliphatic hydroxyl groups excluding tert-OH is 1. The zero-order chi connectivity index (χ0) is 18.4. The van der Waals surface area contributed by atoms with Crippen LogP contribution in [0.1, 0.15) is 18.6 Å². The first kappa shape index (κ1) is 18.9. The molecule has 0 aliphatic rings. The summed E-state index contributed by atoms with van der Waals surface area (Å²) >= 11 is 7.19. The molecule has 0 saturated heterocycles. The van der Waals surface area contributed by atoms with Crippen molar-refractivity contribution in [3.05, 3.63) is 65.2 Å². The molecule has 5 nitrogen and oxygen atoms in total. The molecule has 0 saturated carbocycles. The van der Waals surface area contributed by atoms with Crippen molar-refractivity contribution in [1.82, 2.24) is 10.2 Å². The SMILES string of the molecule is C[C@H](OC[C@H](O)CSc1nnc(-c2ccccc2)o1)c1ccc(Cl)cc1. The molecule has 2 atom stereocenters. The first-order valence-electron chi connectivity index (χ1n) is 8.18. The number of aliphatic hydroxyl groups is 1. The summed E-state index contributed by atoms with van der Waals surface area (Å²) in [7, 11) is 0. The second kappa shape index (κ2) is 9.19. The third-order valence-electron chi connectivity index (χ3n) is 3.70. The van der Waals surface area contributed by atoms with E-state index in [4.69, 9.17) is 20.8 Å². The Labute approximate surface area is 161 Å². The highest BCUT2D eigenvalue weighted by atomic mass is 35.5. The Bertz CT molecular complexity index is 811. The lowest BCUT2D eigenvalue weighted by Gasteiger charge is -2.16. The van der Waals surface area contributed by atoms with Gasteiger partial charge in [0.1, 0.15) is 0 Å². The molecule has 0 aliphatic carbocycles. The number of benzene rings is 2. The Morgan fingerprint density at radius 2 is 1.85 bits per heavy atom. The quantitative estimate of drug-likeness (QED) is 0.566. The molecule has 3 rings (SSSR count). The van der Waals surface area contributed by atoms with Crippen molar-refractivity contribution < 1.29 is 14.3 Å². The Morgan fingerprint density at radius 3 is 2.58 bits per heavy atom. The van der Waals surface area contributed by atoms with E-state index in [9.17, 15) is 5.11 Å². The molecule has 26 heavy (non-hydrogen) atoms. The van der Waals surface area contributed by atoms with Gasteiger partial charge in [-0.2, -0.15) is 0 Å². The summed E-state index contributed by atoms with van der Waals surface area (Å²) < 4.78 is 11.3. The summed E-state index contributed by atoms with van der Waals surface area (Å²) in [5.41, 5.74) is 1.88. The predicted molar refractivity (Wildman–Crippen MR) is 102 cm³/mol. The molecular weight excluding hydrogens is 372 g/mol. The Balaban J connectivity index is 1.45. The molecule has 0 fully saturated rings. The van der Waals surface area contributed by atoms with Crippen molar-refractivity contribution in [1.29, 1.82) is 0 Å².